The van der Waals surface area contributed by atoms with Crippen molar-refractivity contribution in [3.05, 3.63) is 100 Å². The van der Waals surface area contributed by atoms with Crippen molar-refractivity contribution in [1.82, 2.24) is 5.43 Å². The highest BCUT2D eigenvalue weighted by Gasteiger charge is 2.08. The summed E-state index contributed by atoms with van der Waals surface area (Å²) in [4.78, 5) is 24.4. The number of hydrogen-bond acceptors (Lipinski definition) is 3. The van der Waals surface area contributed by atoms with E-state index in [1.54, 1.807) is 54.6 Å². The van der Waals surface area contributed by atoms with Crippen molar-refractivity contribution in [3.8, 4) is 0 Å². The lowest BCUT2D eigenvalue weighted by atomic mass is 10.1. The fourth-order valence-corrected chi connectivity index (χ4v) is 2.60. The number of nitrogens with one attached hydrogen (secondary N) is 2. The van der Waals surface area contributed by atoms with Crippen LogP contribution in [0.4, 0.5) is 5.69 Å². The quantitative estimate of drug-likeness (QED) is 0.490. The predicted molar refractivity (Wildman–Crippen MR) is 112 cm³/mol. The minimum Gasteiger partial charge on any atom is -0.322 e. The summed E-state index contributed by atoms with van der Waals surface area (Å²) in [5, 5.41) is 7.37. The van der Waals surface area contributed by atoms with Gasteiger partial charge in [0, 0.05) is 21.8 Å². The van der Waals surface area contributed by atoms with E-state index in [0.29, 0.717) is 21.8 Å². The molecule has 0 spiro atoms. The van der Waals surface area contributed by atoms with Gasteiger partial charge in [-0.05, 0) is 61.0 Å². The molecule has 0 unspecified atom stereocenters. The number of carbonyl (C=O) groups excluding carboxylic acids is 2. The highest BCUT2D eigenvalue weighted by atomic mass is 35.5. The minimum atomic E-state index is -0.346. The molecule has 0 aliphatic heterocycles. The average Bonchev–Trinajstić information content (AvgIpc) is 2.70. The third-order valence-electron chi connectivity index (χ3n) is 3.93. The normalized spacial score (nSPS) is 10.6. The van der Waals surface area contributed by atoms with Crippen molar-refractivity contribution in [2.75, 3.05) is 5.32 Å². The third kappa shape index (κ3) is 5.28. The van der Waals surface area contributed by atoms with E-state index in [4.69, 9.17) is 11.6 Å². The fraction of sp³-hybridized carbons (Fsp3) is 0.0455. The van der Waals surface area contributed by atoms with Gasteiger partial charge in [-0.1, -0.05) is 41.4 Å². The summed E-state index contributed by atoms with van der Waals surface area (Å²) in [7, 11) is 0. The van der Waals surface area contributed by atoms with Crippen LogP contribution in [0.3, 0.4) is 0 Å². The Morgan fingerprint density at radius 3 is 2.29 bits per heavy atom. The molecule has 0 radical (unpaired) electrons. The van der Waals surface area contributed by atoms with Crippen molar-refractivity contribution in [3.63, 3.8) is 0 Å². The van der Waals surface area contributed by atoms with Crippen LogP contribution in [0.5, 0.6) is 0 Å². The van der Waals surface area contributed by atoms with Gasteiger partial charge in [0.15, 0.2) is 0 Å². The van der Waals surface area contributed by atoms with Crippen LogP contribution in [0.2, 0.25) is 5.02 Å². The number of halogens is 1. The fourth-order valence-electron chi connectivity index (χ4n) is 2.47. The summed E-state index contributed by atoms with van der Waals surface area (Å²) >= 11 is 5.82. The summed E-state index contributed by atoms with van der Waals surface area (Å²) in [6, 6.07) is 21.0. The van der Waals surface area contributed by atoms with Gasteiger partial charge in [-0.3, -0.25) is 9.59 Å². The maximum absolute atomic E-state index is 12.3. The molecule has 3 rings (SSSR count). The summed E-state index contributed by atoms with van der Waals surface area (Å²) in [6.45, 7) is 1.93. The molecule has 0 heterocycles. The molecule has 0 aliphatic carbocycles. The molecule has 0 saturated carbocycles. The number of anilines is 1. The lowest BCUT2D eigenvalue weighted by molar-refractivity contribution is 0.0954. The maximum atomic E-state index is 12.3. The smallest absolute Gasteiger partial charge is 0.271 e. The van der Waals surface area contributed by atoms with Crippen molar-refractivity contribution < 1.29 is 9.59 Å². The number of benzene rings is 3. The average molecular weight is 392 g/mol. The molecule has 28 heavy (non-hydrogen) atoms. The zero-order valence-electron chi connectivity index (χ0n) is 15.1. The van der Waals surface area contributed by atoms with Gasteiger partial charge in [0.2, 0.25) is 0 Å². The molecular weight excluding hydrogens is 374 g/mol. The predicted octanol–water partition coefficient (Wildman–Crippen LogP) is 4.66. The molecule has 0 fully saturated rings. The van der Waals surface area contributed by atoms with Crippen LogP contribution in [0.1, 0.15) is 31.8 Å². The molecule has 0 saturated heterocycles. The van der Waals surface area contributed by atoms with E-state index in [2.05, 4.69) is 15.8 Å². The lowest BCUT2D eigenvalue weighted by Gasteiger charge is -2.07. The molecule has 6 heteroatoms. The molecule has 5 nitrogen and oxygen atoms in total. The van der Waals surface area contributed by atoms with E-state index in [9.17, 15) is 9.59 Å². The van der Waals surface area contributed by atoms with Crippen molar-refractivity contribution >= 4 is 35.3 Å². The Bertz CT molecular complexity index is 1010. The monoisotopic (exact) mass is 391 g/mol. The maximum Gasteiger partial charge on any atom is 0.271 e. The van der Waals surface area contributed by atoms with Gasteiger partial charge >= 0.3 is 0 Å². The van der Waals surface area contributed by atoms with Crippen LogP contribution in [0.15, 0.2) is 77.9 Å². The molecule has 0 aromatic heterocycles. The minimum absolute atomic E-state index is 0.200. The number of rotatable bonds is 5. The number of amides is 2. The number of nitrogens with zero attached hydrogens (tertiary/aromatic N) is 1. The van der Waals surface area contributed by atoms with Crippen LogP contribution in [0.25, 0.3) is 0 Å². The standard InChI is InChI=1S/C22H18ClN3O2/c1-15-3-2-4-18(13-15)21(27)25-20-11-7-17(8-12-20)22(28)26-24-14-16-5-9-19(23)10-6-16/h2-14H,1H3,(H,25,27)(H,26,28). The Morgan fingerprint density at radius 1 is 0.893 bits per heavy atom. The Morgan fingerprint density at radius 2 is 1.61 bits per heavy atom. The number of hydrazone groups is 1. The second-order valence-corrected chi connectivity index (χ2v) is 6.59. The van der Waals surface area contributed by atoms with Crippen LogP contribution in [0, 0.1) is 6.92 Å². The van der Waals surface area contributed by atoms with Gasteiger partial charge in [0.1, 0.15) is 0 Å². The topological polar surface area (TPSA) is 70.6 Å². The molecule has 2 amide bonds. The van der Waals surface area contributed by atoms with Gasteiger partial charge in [-0.25, -0.2) is 5.43 Å². The Balaban J connectivity index is 1.58. The van der Waals surface area contributed by atoms with Crippen LogP contribution >= 0.6 is 11.6 Å². The molecule has 140 valence electrons. The second kappa shape index (κ2) is 8.97. The van der Waals surface area contributed by atoms with E-state index in [-0.39, 0.29) is 11.8 Å². The van der Waals surface area contributed by atoms with E-state index in [0.717, 1.165) is 11.1 Å². The summed E-state index contributed by atoms with van der Waals surface area (Å²) in [5.41, 5.74) is 5.91. The van der Waals surface area contributed by atoms with Crippen LogP contribution in [-0.4, -0.2) is 18.0 Å². The van der Waals surface area contributed by atoms with Crippen LogP contribution in [-0.2, 0) is 0 Å². The first-order valence-electron chi connectivity index (χ1n) is 8.58. The summed E-state index contributed by atoms with van der Waals surface area (Å²) in [6.07, 6.45) is 1.53. The zero-order valence-corrected chi connectivity index (χ0v) is 15.9. The number of carbonyl (C=O) groups is 2. The second-order valence-electron chi connectivity index (χ2n) is 6.15. The molecule has 2 N–H and O–H groups in total. The van der Waals surface area contributed by atoms with Crippen molar-refractivity contribution in [1.29, 1.82) is 0 Å². The zero-order chi connectivity index (χ0) is 19.9. The SMILES string of the molecule is Cc1cccc(C(=O)Nc2ccc(C(=O)NN=Cc3ccc(Cl)cc3)cc2)c1. The highest BCUT2D eigenvalue weighted by molar-refractivity contribution is 6.30. The number of aryl methyl sites for hydroxylation is 1. The van der Waals surface area contributed by atoms with Crippen LogP contribution < -0.4 is 10.7 Å². The van der Waals surface area contributed by atoms with E-state index in [1.807, 2.05) is 25.1 Å². The largest absolute Gasteiger partial charge is 0.322 e. The molecule has 0 aliphatic rings. The Labute approximate surface area is 168 Å². The van der Waals surface area contributed by atoms with Gasteiger partial charge < -0.3 is 5.32 Å². The van der Waals surface area contributed by atoms with E-state index in [1.165, 1.54) is 6.21 Å². The highest BCUT2D eigenvalue weighted by Crippen LogP contribution is 2.12. The Kier molecular flexibility index (Phi) is 6.19. The first-order chi connectivity index (χ1) is 13.5. The first-order valence-corrected chi connectivity index (χ1v) is 8.96. The molecule has 3 aromatic carbocycles. The third-order valence-corrected chi connectivity index (χ3v) is 4.19. The molecule has 0 bridgehead atoms. The van der Waals surface area contributed by atoms with Gasteiger partial charge in [-0.15, -0.1) is 0 Å². The first kappa shape index (κ1) is 19.3. The Hall–Kier alpha value is -3.44. The lowest BCUT2D eigenvalue weighted by Crippen LogP contribution is -2.17. The summed E-state index contributed by atoms with van der Waals surface area (Å²) in [5.74, 6) is -0.546. The van der Waals surface area contributed by atoms with Crippen molar-refractivity contribution in [2.24, 2.45) is 5.10 Å². The van der Waals surface area contributed by atoms with Gasteiger partial charge in [0.25, 0.3) is 11.8 Å². The molecule has 0 atom stereocenters. The molecule has 3 aromatic rings. The van der Waals surface area contributed by atoms with Gasteiger partial charge in [-0.2, -0.15) is 5.10 Å². The molecular formula is C22H18ClN3O2. The summed E-state index contributed by atoms with van der Waals surface area (Å²) < 4.78 is 0. The van der Waals surface area contributed by atoms with E-state index < -0.39 is 0 Å². The van der Waals surface area contributed by atoms with Gasteiger partial charge in [0.05, 0.1) is 6.21 Å². The van der Waals surface area contributed by atoms with E-state index >= 15 is 0 Å². The number of hydrogen-bond donors (Lipinski definition) is 2. The van der Waals surface area contributed by atoms with Crippen molar-refractivity contribution in [2.45, 2.75) is 6.92 Å².